The maximum absolute atomic E-state index is 12.2. The zero-order valence-corrected chi connectivity index (χ0v) is 11.6. The predicted molar refractivity (Wildman–Crippen MR) is 77.9 cm³/mol. The molecule has 18 heavy (non-hydrogen) atoms. The minimum atomic E-state index is -0.237. The fraction of sp³-hybridized carbons (Fsp3) is 0.400. The summed E-state index contributed by atoms with van der Waals surface area (Å²) in [5.41, 5.74) is 2.53. The van der Waals surface area contributed by atoms with Crippen LogP contribution in [0.4, 0.5) is 0 Å². The number of hydrogen-bond acceptors (Lipinski definition) is 2. The normalized spacial score (nSPS) is 17.2. The zero-order chi connectivity index (χ0) is 13.0. The first-order chi connectivity index (χ1) is 8.66. The number of carbonyl (C=O) groups is 1. The van der Waals surface area contributed by atoms with Gasteiger partial charge < -0.3 is 4.90 Å². The van der Waals surface area contributed by atoms with Gasteiger partial charge in [0.1, 0.15) is 0 Å². The molecule has 1 aromatic rings. The van der Waals surface area contributed by atoms with Crippen molar-refractivity contribution < 1.29 is 4.79 Å². The van der Waals surface area contributed by atoms with E-state index in [1.165, 1.54) is 5.57 Å². The summed E-state index contributed by atoms with van der Waals surface area (Å²) in [7, 11) is 0. The number of amides is 1. The second-order valence-corrected chi connectivity index (χ2v) is 5.41. The van der Waals surface area contributed by atoms with Crippen molar-refractivity contribution in [3.05, 3.63) is 47.5 Å². The van der Waals surface area contributed by atoms with E-state index in [4.69, 9.17) is 0 Å². The second kappa shape index (κ2) is 6.10. The van der Waals surface area contributed by atoms with E-state index in [0.717, 1.165) is 25.1 Å². The van der Waals surface area contributed by atoms with Crippen LogP contribution in [0, 0.1) is 0 Å². The van der Waals surface area contributed by atoms with Crippen LogP contribution < -0.4 is 0 Å². The molecule has 0 spiro atoms. The van der Waals surface area contributed by atoms with E-state index in [1.54, 1.807) is 0 Å². The Morgan fingerprint density at radius 2 is 2.11 bits per heavy atom. The highest BCUT2D eigenvalue weighted by molar-refractivity contribution is 7.81. The van der Waals surface area contributed by atoms with Crippen LogP contribution >= 0.6 is 12.6 Å². The van der Waals surface area contributed by atoms with E-state index in [-0.39, 0.29) is 11.2 Å². The van der Waals surface area contributed by atoms with E-state index in [9.17, 15) is 4.79 Å². The summed E-state index contributed by atoms with van der Waals surface area (Å²) in [5, 5.41) is -0.237. The molecule has 0 saturated heterocycles. The molecule has 0 saturated carbocycles. The summed E-state index contributed by atoms with van der Waals surface area (Å²) in [6, 6.07) is 10.0. The van der Waals surface area contributed by atoms with Crippen molar-refractivity contribution in [2.75, 3.05) is 13.1 Å². The minimum absolute atomic E-state index is 0.144. The van der Waals surface area contributed by atoms with Gasteiger partial charge in [-0.25, -0.2) is 0 Å². The lowest BCUT2D eigenvalue weighted by Gasteiger charge is -2.27. The Kier molecular flexibility index (Phi) is 4.48. The average molecular weight is 261 g/mol. The largest absolute Gasteiger partial charge is 0.338 e. The molecule has 0 bridgehead atoms. The van der Waals surface area contributed by atoms with Gasteiger partial charge in [-0.05, 0) is 25.3 Å². The Morgan fingerprint density at radius 3 is 2.72 bits per heavy atom. The lowest BCUT2D eigenvalue weighted by molar-refractivity contribution is -0.130. The van der Waals surface area contributed by atoms with Crippen LogP contribution in [0.15, 0.2) is 42.0 Å². The highest BCUT2D eigenvalue weighted by Crippen LogP contribution is 2.15. The Morgan fingerprint density at radius 1 is 1.39 bits per heavy atom. The third kappa shape index (κ3) is 3.39. The van der Waals surface area contributed by atoms with E-state index in [1.807, 2.05) is 35.2 Å². The molecule has 1 heterocycles. The molecule has 1 aromatic carbocycles. The first kappa shape index (κ1) is 13.2. The van der Waals surface area contributed by atoms with Gasteiger partial charge in [-0.15, -0.1) is 0 Å². The van der Waals surface area contributed by atoms with Crippen LogP contribution in [0.3, 0.4) is 0 Å². The summed E-state index contributed by atoms with van der Waals surface area (Å²) in [5.74, 6) is 0.144. The van der Waals surface area contributed by atoms with Gasteiger partial charge in [0, 0.05) is 13.1 Å². The number of carbonyl (C=O) groups excluding carboxylic acids is 1. The van der Waals surface area contributed by atoms with Crippen molar-refractivity contribution in [2.45, 2.75) is 25.0 Å². The summed E-state index contributed by atoms with van der Waals surface area (Å²) < 4.78 is 0. The SMILES string of the molecule is CC1=CCN(C(=O)C(S)Cc2ccccc2)CC1. The monoisotopic (exact) mass is 261 g/mol. The zero-order valence-electron chi connectivity index (χ0n) is 10.7. The second-order valence-electron chi connectivity index (χ2n) is 4.79. The molecule has 1 aliphatic heterocycles. The molecule has 0 aliphatic carbocycles. The summed E-state index contributed by atoms with van der Waals surface area (Å²) in [6.45, 7) is 3.67. The molecular formula is C15H19NOS. The Labute approximate surface area is 114 Å². The Hall–Kier alpha value is -1.22. The highest BCUT2D eigenvalue weighted by Gasteiger charge is 2.22. The predicted octanol–water partition coefficient (Wildman–Crippen LogP) is 2.71. The number of benzene rings is 1. The van der Waals surface area contributed by atoms with E-state index in [2.05, 4.69) is 25.6 Å². The Bertz CT molecular complexity index is 441. The van der Waals surface area contributed by atoms with Gasteiger partial charge in [-0.2, -0.15) is 12.6 Å². The summed E-state index contributed by atoms with van der Waals surface area (Å²) in [4.78, 5) is 14.1. The van der Waals surface area contributed by atoms with Gasteiger partial charge in [0.05, 0.1) is 5.25 Å². The lowest BCUT2D eigenvalue weighted by Crippen LogP contribution is -2.40. The van der Waals surface area contributed by atoms with Gasteiger partial charge in [-0.1, -0.05) is 42.0 Å². The first-order valence-electron chi connectivity index (χ1n) is 6.33. The number of thiol groups is 1. The van der Waals surface area contributed by atoms with Gasteiger partial charge in [-0.3, -0.25) is 4.79 Å². The van der Waals surface area contributed by atoms with E-state index in [0.29, 0.717) is 6.42 Å². The van der Waals surface area contributed by atoms with Crippen LogP contribution in [-0.4, -0.2) is 29.1 Å². The first-order valence-corrected chi connectivity index (χ1v) is 6.85. The third-order valence-electron chi connectivity index (χ3n) is 3.30. The van der Waals surface area contributed by atoms with Crippen molar-refractivity contribution >= 4 is 18.5 Å². The van der Waals surface area contributed by atoms with Crippen LogP contribution in [0.25, 0.3) is 0 Å². The standard InChI is InChI=1S/C15H19NOS/c1-12-7-9-16(10-8-12)15(17)14(18)11-13-5-3-2-4-6-13/h2-7,14,18H,8-11H2,1H3. The maximum Gasteiger partial charge on any atom is 0.236 e. The molecule has 2 rings (SSSR count). The van der Waals surface area contributed by atoms with Gasteiger partial charge in [0.25, 0.3) is 0 Å². The Balaban J connectivity index is 1.93. The van der Waals surface area contributed by atoms with Crippen LogP contribution in [-0.2, 0) is 11.2 Å². The maximum atomic E-state index is 12.2. The third-order valence-corrected chi connectivity index (χ3v) is 3.71. The molecule has 1 atom stereocenters. The van der Waals surface area contributed by atoms with Crippen LogP contribution in [0.5, 0.6) is 0 Å². The van der Waals surface area contributed by atoms with Gasteiger partial charge >= 0.3 is 0 Å². The molecule has 1 unspecified atom stereocenters. The molecule has 0 radical (unpaired) electrons. The summed E-state index contributed by atoms with van der Waals surface area (Å²) >= 11 is 4.46. The fourth-order valence-corrected chi connectivity index (χ4v) is 2.48. The lowest BCUT2D eigenvalue weighted by atomic mass is 10.1. The van der Waals surface area contributed by atoms with Crippen molar-refractivity contribution in [3.8, 4) is 0 Å². The van der Waals surface area contributed by atoms with Crippen LogP contribution in [0.1, 0.15) is 18.9 Å². The number of nitrogens with zero attached hydrogens (tertiary/aromatic N) is 1. The molecule has 0 aromatic heterocycles. The summed E-state index contributed by atoms with van der Waals surface area (Å²) in [6.07, 6.45) is 3.81. The quantitative estimate of drug-likeness (QED) is 0.655. The number of rotatable bonds is 3. The molecule has 3 heteroatoms. The minimum Gasteiger partial charge on any atom is -0.338 e. The molecule has 1 amide bonds. The van der Waals surface area contributed by atoms with Crippen molar-refractivity contribution in [2.24, 2.45) is 0 Å². The molecule has 0 N–H and O–H groups in total. The molecular weight excluding hydrogens is 242 g/mol. The molecule has 2 nitrogen and oxygen atoms in total. The van der Waals surface area contributed by atoms with Crippen molar-refractivity contribution in [3.63, 3.8) is 0 Å². The van der Waals surface area contributed by atoms with Gasteiger partial charge in [0.2, 0.25) is 5.91 Å². The molecule has 0 fully saturated rings. The van der Waals surface area contributed by atoms with Crippen molar-refractivity contribution in [1.29, 1.82) is 0 Å². The highest BCUT2D eigenvalue weighted by atomic mass is 32.1. The smallest absolute Gasteiger partial charge is 0.236 e. The average Bonchev–Trinajstić information content (AvgIpc) is 2.40. The number of hydrogen-bond donors (Lipinski definition) is 1. The van der Waals surface area contributed by atoms with Crippen molar-refractivity contribution in [1.82, 2.24) is 4.90 Å². The van der Waals surface area contributed by atoms with E-state index >= 15 is 0 Å². The van der Waals surface area contributed by atoms with Crippen LogP contribution in [0.2, 0.25) is 0 Å². The van der Waals surface area contributed by atoms with Gasteiger partial charge in [0.15, 0.2) is 0 Å². The molecule has 96 valence electrons. The topological polar surface area (TPSA) is 20.3 Å². The molecule has 1 aliphatic rings. The van der Waals surface area contributed by atoms with E-state index < -0.39 is 0 Å². The fourth-order valence-electron chi connectivity index (χ4n) is 2.11.